The maximum Gasteiger partial charge on any atom is 0.329 e. The maximum atomic E-state index is 13.4. The average molecular weight is 597 g/mol. The number of ether oxygens (including phenoxy) is 1. The van der Waals surface area contributed by atoms with Crippen LogP contribution in [0.2, 0.25) is 0 Å². The number of hydrogen-bond acceptors (Lipinski definition) is 7. The summed E-state index contributed by atoms with van der Waals surface area (Å²) in [5.41, 5.74) is 3.22. The summed E-state index contributed by atoms with van der Waals surface area (Å²) in [6, 6.07) is 12.9. The molecule has 0 radical (unpaired) electrons. The lowest BCUT2D eigenvalue weighted by Crippen LogP contribution is -2.48. The fourth-order valence-electron chi connectivity index (χ4n) is 4.74. The van der Waals surface area contributed by atoms with E-state index in [1.54, 1.807) is 11.8 Å². The second kappa shape index (κ2) is 13.0. The number of carbonyl (C=O) groups excluding carboxylic acids is 2. The highest BCUT2D eigenvalue weighted by atomic mass is 79.9. The number of hydrogen-bond donors (Lipinski definition) is 1. The molecule has 39 heavy (non-hydrogen) atoms. The lowest BCUT2D eigenvalue weighted by Gasteiger charge is -2.33. The zero-order chi connectivity index (χ0) is 27.9. The third-order valence-electron chi connectivity index (χ3n) is 6.63. The van der Waals surface area contributed by atoms with Crippen LogP contribution in [-0.2, 0) is 20.9 Å². The van der Waals surface area contributed by atoms with Crippen LogP contribution in [0.4, 0.5) is 0 Å². The van der Waals surface area contributed by atoms with E-state index in [1.807, 2.05) is 56.3 Å². The van der Waals surface area contributed by atoms with Crippen LogP contribution >= 0.6 is 15.9 Å². The molecule has 10 heteroatoms. The number of carbonyl (C=O) groups is 2. The van der Waals surface area contributed by atoms with Gasteiger partial charge in [0.15, 0.2) is 5.82 Å². The zero-order valence-corrected chi connectivity index (χ0v) is 24.3. The number of halogens is 1. The molecule has 0 aliphatic heterocycles. The van der Waals surface area contributed by atoms with Crippen molar-refractivity contribution in [1.29, 1.82) is 0 Å². The highest BCUT2D eigenvalue weighted by Gasteiger charge is 2.33. The van der Waals surface area contributed by atoms with Gasteiger partial charge in [-0.25, -0.2) is 9.89 Å². The van der Waals surface area contributed by atoms with Crippen LogP contribution < -0.4 is 0 Å². The van der Waals surface area contributed by atoms with E-state index >= 15 is 0 Å². The quantitative estimate of drug-likeness (QED) is 0.146. The Morgan fingerprint density at radius 1 is 1.10 bits per heavy atom. The second-order valence-electron chi connectivity index (χ2n) is 9.79. The molecule has 4 rings (SSSR count). The molecule has 2 aromatic heterocycles. The number of H-pyrrole nitrogens is 1. The molecule has 0 saturated heterocycles. The fraction of sp³-hybridized carbons (Fsp3) is 0.414. The minimum absolute atomic E-state index is 0.0446. The molecule has 1 atom stereocenters. The molecular formula is C29H34BrN5O4. The Balaban J connectivity index is 1.70. The SMILES string of the molecule is CCCCCC(=O)N(Cc1ccc2oc(-c3ccccc3-c3nnn[nH]3)c(Br)c2c1)[C@H](C(=O)OCC)C(C)C. The van der Waals surface area contributed by atoms with E-state index in [0.717, 1.165) is 45.8 Å². The Bertz CT molecular complexity index is 1420. The molecule has 2 aromatic carbocycles. The van der Waals surface area contributed by atoms with Crippen LogP contribution in [0.5, 0.6) is 0 Å². The normalized spacial score (nSPS) is 12.2. The van der Waals surface area contributed by atoms with Crippen molar-refractivity contribution in [2.45, 2.75) is 66.0 Å². The Labute approximate surface area is 236 Å². The van der Waals surface area contributed by atoms with Crippen LogP contribution in [0.25, 0.3) is 33.7 Å². The number of furan rings is 1. The number of benzene rings is 2. The van der Waals surface area contributed by atoms with Gasteiger partial charge in [0.05, 0.1) is 11.1 Å². The minimum atomic E-state index is -0.666. The number of aromatic nitrogens is 4. The van der Waals surface area contributed by atoms with Gasteiger partial charge in [-0.15, -0.1) is 5.10 Å². The lowest BCUT2D eigenvalue weighted by atomic mass is 10.00. The van der Waals surface area contributed by atoms with Crippen molar-refractivity contribution in [2.75, 3.05) is 6.61 Å². The summed E-state index contributed by atoms with van der Waals surface area (Å²) in [6.07, 6.45) is 3.16. The van der Waals surface area contributed by atoms with Crippen LogP contribution in [0, 0.1) is 5.92 Å². The molecule has 1 N–H and O–H groups in total. The molecule has 0 saturated carbocycles. The molecule has 0 aliphatic carbocycles. The Morgan fingerprint density at radius 3 is 2.54 bits per heavy atom. The maximum absolute atomic E-state index is 13.4. The molecule has 9 nitrogen and oxygen atoms in total. The standard InChI is InChI=1S/C29H34BrN5O4/c1-5-7-8-13-24(36)35(26(18(3)4)29(37)38-6-2)17-19-14-15-23-22(16-19)25(30)27(39-23)20-11-9-10-12-21(20)28-31-33-34-32-28/h9-12,14-16,18,26H,5-8,13,17H2,1-4H3,(H,31,32,33,34)/t26-/m0/s1. The number of fused-ring (bicyclic) bond motifs is 1. The molecular weight excluding hydrogens is 562 g/mol. The number of esters is 1. The third-order valence-corrected chi connectivity index (χ3v) is 7.41. The summed E-state index contributed by atoms with van der Waals surface area (Å²) in [5, 5.41) is 15.1. The van der Waals surface area contributed by atoms with Crippen LogP contribution in [-0.4, -0.2) is 50.0 Å². The average Bonchev–Trinajstić information content (AvgIpc) is 3.57. The van der Waals surface area contributed by atoms with E-state index in [9.17, 15) is 9.59 Å². The van der Waals surface area contributed by atoms with Crippen LogP contribution in [0.15, 0.2) is 51.4 Å². The van der Waals surface area contributed by atoms with Gasteiger partial charge < -0.3 is 14.1 Å². The van der Waals surface area contributed by atoms with Crippen molar-refractivity contribution in [3.63, 3.8) is 0 Å². The lowest BCUT2D eigenvalue weighted by molar-refractivity contribution is -0.157. The molecule has 0 unspecified atom stereocenters. The number of rotatable bonds is 12. The van der Waals surface area contributed by atoms with E-state index < -0.39 is 6.04 Å². The van der Waals surface area contributed by atoms with Gasteiger partial charge in [-0.05, 0) is 63.3 Å². The van der Waals surface area contributed by atoms with E-state index in [0.29, 0.717) is 23.6 Å². The topological polar surface area (TPSA) is 114 Å². The number of amides is 1. The number of nitrogens with zero attached hydrogens (tertiary/aromatic N) is 4. The first-order valence-corrected chi connectivity index (χ1v) is 14.1. The summed E-state index contributed by atoms with van der Waals surface area (Å²) in [4.78, 5) is 28.1. The summed E-state index contributed by atoms with van der Waals surface area (Å²) in [6.45, 7) is 8.32. The molecule has 4 aromatic rings. The Morgan fingerprint density at radius 2 is 1.87 bits per heavy atom. The third kappa shape index (κ3) is 6.38. The highest BCUT2D eigenvalue weighted by Crippen LogP contribution is 2.41. The molecule has 0 bridgehead atoms. The smallest absolute Gasteiger partial charge is 0.329 e. The second-order valence-corrected chi connectivity index (χ2v) is 10.6. The largest absolute Gasteiger partial charge is 0.464 e. The van der Waals surface area contributed by atoms with E-state index in [1.165, 1.54) is 0 Å². The molecule has 0 aliphatic rings. The summed E-state index contributed by atoms with van der Waals surface area (Å²) in [7, 11) is 0. The van der Waals surface area contributed by atoms with Crippen molar-refractivity contribution < 1.29 is 18.7 Å². The van der Waals surface area contributed by atoms with Crippen molar-refractivity contribution in [2.24, 2.45) is 5.92 Å². The van der Waals surface area contributed by atoms with Gasteiger partial charge in [0.25, 0.3) is 0 Å². The number of tetrazole rings is 1. The highest BCUT2D eigenvalue weighted by molar-refractivity contribution is 9.10. The van der Waals surface area contributed by atoms with Gasteiger partial charge in [-0.2, -0.15) is 0 Å². The Kier molecular flexibility index (Phi) is 9.50. The first kappa shape index (κ1) is 28.5. The fourth-order valence-corrected chi connectivity index (χ4v) is 5.35. The number of nitrogens with one attached hydrogen (secondary N) is 1. The van der Waals surface area contributed by atoms with Crippen molar-refractivity contribution in [3.05, 3.63) is 52.5 Å². The molecule has 206 valence electrons. The molecule has 1 amide bonds. The van der Waals surface area contributed by atoms with Gasteiger partial charge in [0.2, 0.25) is 5.91 Å². The van der Waals surface area contributed by atoms with Crippen LogP contribution in [0.3, 0.4) is 0 Å². The first-order chi connectivity index (χ1) is 18.8. The van der Waals surface area contributed by atoms with Gasteiger partial charge in [0.1, 0.15) is 17.4 Å². The predicted octanol–water partition coefficient (Wildman–Crippen LogP) is 6.54. The number of unbranched alkanes of at least 4 members (excludes halogenated alkanes) is 2. The van der Waals surface area contributed by atoms with Crippen LogP contribution in [0.1, 0.15) is 58.9 Å². The molecule has 0 fully saturated rings. The van der Waals surface area contributed by atoms with E-state index in [-0.39, 0.29) is 30.9 Å². The number of aromatic amines is 1. The van der Waals surface area contributed by atoms with Gasteiger partial charge in [0, 0.05) is 29.5 Å². The molecule has 2 heterocycles. The van der Waals surface area contributed by atoms with E-state index in [4.69, 9.17) is 9.15 Å². The van der Waals surface area contributed by atoms with E-state index in [2.05, 4.69) is 43.5 Å². The first-order valence-electron chi connectivity index (χ1n) is 13.4. The Hall–Kier alpha value is -3.53. The van der Waals surface area contributed by atoms with Gasteiger partial charge >= 0.3 is 5.97 Å². The van der Waals surface area contributed by atoms with Gasteiger partial charge in [-0.1, -0.05) is 63.9 Å². The molecule has 0 spiro atoms. The van der Waals surface area contributed by atoms with Gasteiger partial charge in [-0.3, -0.25) is 4.79 Å². The van der Waals surface area contributed by atoms with Crippen molar-refractivity contribution >= 4 is 38.8 Å². The zero-order valence-electron chi connectivity index (χ0n) is 22.7. The summed E-state index contributed by atoms with van der Waals surface area (Å²) >= 11 is 3.74. The minimum Gasteiger partial charge on any atom is -0.464 e. The van der Waals surface area contributed by atoms with Crippen molar-refractivity contribution in [1.82, 2.24) is 25.5 Å². The van der Waals surface area contributed by atoms with Crippen molar-refractivity contribution in [3.8, 4) is 22.7 Å². The summed E-state index contributed by atoms with van der Waals surface area (Å²) < 4.78 is 12.4. The monoisotopic (exact) mass is 595 g/mol. The predicted molar refractivity (Wildman–Crippen MR) is 152 cm³/mol. The summed E-state index contributed by atoms with van der Waals surface area (Å²) in [5.74, 6) is 0.666.